The van der Waals surface area contributed by atoms with Crippen molar-refractivity contribution in [2.75, 3.05) is 19.6 Å². The number of carbonyl (C=O) groups excluding carboxylic acids is 1. The maximum Gasteiger partial charge on any atom is 0.261 e. The number of likely N-dealkylation sites (tertiary alicyclic amines) is 1. The second kappa shape index (κ2) is 8.06. The van der Waals surface area contributed by atoms with Gasteiger partial charge in [0.15, 0.2) is 0 Å². The van der Waals surface area contributed by atoms with Crippen LogP contribution in [0, 0.1) is 0 Å². The van der Waals surface area contributed by atoms with Crippen LogP contribution in [0.25, 0.3) is 16.8 Å². The van der Waals surface area contributed by atoms with Crippen LogP contribution >= 0.6 is 11.3 Å². The van der Waals surface area contributed by atoms with Crippen molar-refractivity contribution < 1.29 is 4.79 Å². The summed E-state index contributed by atoms with van der Waals surface area (Å²) in [6, 6.07) is 12.3. The van der Waals surface area contributed by atoms with E-state index in [1.165, 1.54) is 11.3 Å². The summed E-state index contributed by atoms with van der Waals surface area (Å²) >= 11 is 1.49. The van der Waals surface area contributed by atoms with Crippen LogP contribution in [0.3, 0.4) is 0 Å². The van der Waals surface area contributed by atoms with Gasteiger partial charge in [-0.3, -0.25) is 4.79 Å². The van der Waals surface area contributed by atoms with E-state index in [4.69, 9.17) is 0 Å². The third-order valence-corrected chi connectivity index (χ3v) is 6.06. The molecular formula is C21H24N4OS. The molecule has 6 heteroatoms. The molecule has 27 heavy (non-hydrogen) atoms. The molecule has 4 rings (SSSR count). The van der Waals surface area contributed by atoms with Crippen molar-refractivity contribution >= 4 is 17.2 Å². The monoisotopic (exact) mass is 380 g/mol. The second-order valence-electron chi connectivity index (χ2n) is 6.89. The van der Waals surface area contributed by atoms with E-state index in [-0.39, 0.29) is 11.9 Å². The Hall–Kier alpha value is -2.44. The highest BCUT2D eigenvalue weighted by molar-refractivity contribution is 7.12. The van der Waals surface area contributed by atoms with Crippen LogP contribution < -0.4 is 5.32 Å². The van der Waals surface area contributed by atoms with Crippen LogP contribution in [-0.2, 0) is 0 Å². The lowest BCUT2D eigenvalue weighted by molar-refractivity contribution is 0.0917. The zero-order valence-electron chi connectivity index (χ0n) is 15.5. The van der Waals surface area contributed by atoms with Crippen molar-refractivity contribution in [1.82, 2.24) is 20.0 Å². The second-order valence-corrected chi connectivity index (χ2v) is 7.80. The third kappa shape index (κ3) is 4.12. The fraction of sp³-hybridized carbons (Fsp3) is 0.333. The highest BCUT2D eigenvalue weighted by atomic mass is 32.1. The minimum absolute atomic E-state index is 0.0386. The molecule has 0 radical (unpaired) electrons. The number of para-hydroxylation sites is 1. The van der Waals surface area contributed by atoms with Crippen LogP contribution in [-0.4, -0.2) is 46.3 Å². The fourth-order valence-electron chi connectivity index (χ4n) is 3.45. The zero-order chi connectivity index (χ0) is 18.6. The molecule has 0 aliphatic carbocycles. The van der Waals surface area contributed by atoms with Gasteiger partial charge in [-0.25, -0.2) is 4.68 Å². The molecule has 0 saturated carbocycles. The van der Waals surface area contributed by atoms with Gasteiger partial charge in [0, 0.05) is 30.9 Å². The van der Waals surface area contributed by atoms with Gasteiger partial charge in [0.25, 0.3) is 5.91 Å². The predicted molar refractivity (Wildman–Crippen MR) is 109 cm³/mol. The van der Waals surface area contributed by atoms with Crippen LogP contribution in [0.5, 0.6) is 0 Å². The van der Waals surface area contributed by atoms with Crippen molar-refractivity contribution in [3.63, 3.8) is 0 Å². The van der Waals surface area contributed by atoms with Gasteiger partial charge >= 0.3 is 0 Å². The Bertz CT molecular complexity index is 894. The van der Waals surface area contributed by atoms with Gasteiger partial charge in [-0.05, 0) is 48.5 Å². The molecule has 2 aromatic heterocycles. The van der Waals surface area contributed by atoms with Crippen molar-refractivity contribution in [1.29, 1.82) is 0 Å². The van der Waals surface area contributed by atoms with Crippen molar-refractivity contribution in [3.8, 4) is 16.8 Å². The average Bonchev–Trinajstić information content (AvgIpc) is 3.39. The summed E-state index contributed by atoms with van der Waals surface area (Å²) in [4.78, 5) is 15.8. The molecule has 1 saturated heterocycles. The Kier molecular flexibility index (Phi) is 5.36. The molecule has 1 fully saturated rings. The van der Waals surface area contributed by atoms with Crippen molar-refractivity contribution in [2.45, 2.75) is 25.8 Å². The summed E-state index contributed by atoms with van der Waals surface area (Å²) in [5, 5.41) is 9.67. The lowest BCUT2D eigenvalue weighted by Gasteiger charge is -2.31. The first-order valence-corrected chi connectivity index (χ1v) is 10.3. The smallest absolute Gasteiger partial charge is 0.261 e. The van der Waals surface area contributed by atoms with E-state index in [2.05, 4.69) is 22.2 Å². The number of nitrogens with zero attached hydrogens (tertiary/aromatic N) is 3. The maximum absolute atomic E-state index is 12.6. The number of rotatable bonds is 5. The van der Waals surface area contributed by atoms with Crippen molar-refractivity contribution in [3.05, 3.63) is 59.0 Å². The Morgan fingerprint density at radius 2 is 2.00 bits per heavy atom. The lowest BCUT2D eigenvalue weighted by Crippen LogP contribution is -2.44. The largest absolute Gasteiger partial charge is 0.349 e. The summed E-state index contributed by atoms with van der Waals surface area (Å²) in [6.07, 6.45) is 5.90. The normalized spacial score (nSPS) is 15.7. The molecule has 140 valence electrons. The molecule has 0 spiro atoms. The first-order valence-electron chi connectivity index (χ1n) is 9.45. The van der Waals surface area contributed by atoms with Gasteiger partial charge in [0.05, 0.1) is 16.8 Å². The molecule has 0 unspecified atom stereocenters. The molecule has 1 aliphatic heterocycles. The van der Waals surface area contributed by atoms with E-state index >= 15 is 0 Å². The first-order chi connectivity index (χ1) is 13.2. The number of nitrogens with one attached hydrogen (secondary N) is 1. The van der Waals surface area contributed by atoms with Gasteiger partial charge in [0.1, 0.15) is 0 Å². The highest BCUT2D eigenvalue weighted by Gasteiger charge is 2.21. The Morgan fingerprint density at radius 1 is 1.22 bits per heavy atom. The summed E-state index contributed by atoms with van der Waals surface area (Å²) in [5.74, 6) is 0.0386. The topological polar surface area (TPSA) is 50.2 Å². The Morgan fingerprint density at radius 3 is 2.74 bits per heavy atom. The average molecular weight is 381 g/mol. The van der Waals surface area contributed by atoms with Crippen LogP contribution in [0.1, 0.15) is 29.4 Å². The molecule has 0 bridgehead atoms. The van der Waals surface area contributed by atoms with Crippen LogP contribution in [0.4, 0.5) is 0 Å². The Labute approximate surface area is 163 Å². The highest BCUT2D eigenvalue weighted by Crippen LogP contribution is 2.26. The number of amides is 1. The van der Waals surface area contributed by atoms with Gasteiger partial charge < -0.3 is 10.2 Å². The molecule has 1 aromatic carbocycles. The number of hydrogen-bond donors (Lipinski definition) is 1. The van der Waals surface area contributed by atoms with E-state index in [1.807, 2.05) is 58.9 Å². The molecular weight excluding hydrogens is 356 g/mol. The Balaban J connectivity index is 1.41. The van der Waals surface area contributed by atoms with E-state index in [0.717, 1.165) is 54.2 Å². The first kappa shape index (κ1) is 17.9. The number of piperidine rings is 1. The lowest BCUT2D eigenvalue weighted by atomic mass is 10.1. The standard InChI is InChI=1S/C21H24N4OS/c1-2-24-10-8-18(9-11-24)23-21(26)20-12-16(15-27-20)17-13-22-25(14-17)19-6-4-3-5-7-19/h3-7,12-15,18H,2,8-11H2,1H3,(H,23,26). The number of aromatic nitrogens is 2. The van der Waals surface area contributed by atoms with Gasteiger partial charge in [-0.15, -0.1) is 11.3 Å². The minimum Gasteiger partial charge on any atom is -0.349 e. The van der Waals surface area contributed by atoms with Gasteiger partial charge in [0.2, 0.25) is 0 Å². The molecule has 0 atom stereocenters. The quantitative estimate of drug-likeness (QED) is 0.732. The number of thiophene rings is 1. The van der Waals surface area contributed by atoms with Crippen LogP contribution in [0.2, 0.25) is 0 Å². The summed E-state index contributed by atoms with van der Waals surface area (Å²) in [6.45, 7) is 5.41. The van der Waals surface area contributed by atoms with Gasteiger partial charge in [-0.2, -0.15) is 5.10 Å². The van der Waals surface area contributed by atoms with E-state index in [9.17, 15) is 4.79 Å². The SMILES string of the molecule is CCN1CCC(NC(=O)c2cc(-c3cnn(-c4ccccc4)c3)cs2)CC1. The molecule has 1 aliphatic rings. The minimum atomic E-state index is 0.0386. The number of carbonyl (C=O) groups is 1. The van der Waals surface area contributed by atoms with E-state index in [1.54, 1.807) is 0 Å². The number of hydrogen-bond acceptors (Lipinski definition) is 4. The van der Waals surface area contributed by atoms with E-state index < -0.39 is 0 Å². The summed E-state index contributed by atoms with van der Waals surface area (Å²) < 4.78 is 1.86. The van der Waals surface area contributed by atoms with E-state index in [0.29, 0.717) is 0 Å². The molecule has 3 aromatic rings. The predicted octanol–water partition coefficient (Wildman–Crippen LogP) is 3.81. The number of benzene rings is 1. The molecule has 1 amide bonds. The van der Waals surface area contributed by atoms with Crippen LogP contribution in [0.15, 0.2) is 54.2 Å². The van der Waals surface area contributed by atoms with Crippen molar-refractivity contribution in [2.24, 2.45) is 0 Å². The fourth-order valence-corrected chi connectivity index (χ4v) is 4.27. The molecule has 5 nitrogen and oxygen atoms in total. The molecule has 3 heterocycles. The summed E-state index contributed by atoms with van der Waals surface area (Å²) in [7, 11) is 0. The summed E-state index contributed by atoms with van der Waals surface area (Å²) in [5.41, 5.74) is 3.08. The maximum atomic E-state index is 12.6. The third-order valence-electron chi connectivity index (χ3n) is 5.13. The van der Waals surface area contributed by atoms with Gasteiger partial charge in [-0.1, -0.05) is 25.1 Å². The zero-order valence-corrected chi connectivity index (χ0v) is 16.3. The molecule has 1 N–H and O–H groups in total.